The minimum absolute atomic E-state index is 0.0364. The van der Waals surface area contributed by atoms with Crippen LogP contribution in [0.25, 0.3) is 0 Å². The van der Waals surface area contributed by atoms with Crippen molar-refractivity contribution in [1.82, 2.24) is 0 Å². The molecule has 3 nitrogen and oxygen atoms in total. The normalized spacial score (nSPS) is 14.4. The highest BCUT2D eigenvalue weighted by Gasteiger charge is 2.05. The molecule has 0 saturated carbocycles. The average Bonchev–Trinajstić information content (AvgIpc) is 2.16. The van der Waals surface area contributed by atoms with Gasteiger partial charge in [0, 0.05) is 0 Å². The van der Waals surface area contributed by atoms with Crippen LogP contribution in [0.15, 0.2) is 25.5 Å². The molecule has 0 aliphatic carbocycles. The topological polar surface area (TPSA) is 27.7 Å². The zero-order chi connectivity index (χ0) is 10.8. The number of hydrogen-bond acceptors (Lipinski definition) is 3. The standard InChI is InChI=1S/C11H20O3/c1-5-7-12-8-10(3)14-9-11(4)13-6-2/h5-6,10-11H,1-2,7-9H2,3-4H3. The highest BCUT2D eigenvalue weighted by Crippen LogP contribution is 1.97. The molecule has 0 heterocycles. The first-order valence-electron chi connectivity index (χ1n) is 4.77. The lowest BCUT2D eigenvalue weighted by Gasteiger charge is -2.16. The van der Waals surface area contributed by atoms with Gasteiger partial charge in [-0.25, -0.2) is 0 Å². The molecule has 0 fully saturated rings. The Hall–Kier alpha value is -0.800. The SMILES string of the molecule is C=CCOCC(C)OCC(C)OC=C. The average molecular weight is 200 g/mol. The molecule has 2 unspecified atom stereocenters. The van der Waals surface area contributed by atoms with Gasteiger partial charge in [-0.3, -0.25) is 0 Å². The van der Waals surface area contributed by atoms with Crippen molar-refractivity contribution in [1.29, 1.82) is 0 Å². The molecule has 0 bridgehead atoms. The third kappa shape index (κ3) is 7.83. The summed E-state index contributed by atoms with van der Waals surface area (Å²) in [6.07, 6.45) is 3.25. The Balaban J connectivity index is 3.37. The van der Waals surface area contributed by atoms with E-state index in [-0.39, 0.29) is 12.2 Å². The van der Waals surface area contributed by atoms with Crippen molar-refractivity contribution in [2.75, 3.05) is 19.8 Å². The summed E-state index contributed by atoms with van der Waals surface area (Å²) in [5.41, 5.74) is 0. The van der Waals surface area contributed by atoms with Gasteiger partial charge in [-0.2, -0.15) is 0 Å². The van der Waals surface area contributed by atoms with E-state index in [2.05, 4.69) is 13.2 Å². The van der Waals surface area contributed by atoms with Crippen LogP contribution in [0.2, 0.25) is 0 Å². The number of rotatable bonds is 9. The second kappa shape index (κ2) is 8.78. The fourth-order valence-electron chi connectivity index (χ4n) is 0.869. The highest BCUT2D eigenvalue weighted by molar-refractivity contribution is 4.64. The van der Waals surface area contributed by atoms with Crippen LogP contribution < -0.4 is 0 Å². The Kier molecular flexibility index (Phi) is 8.28. The Morgan fingerprint density at radius 1 is 1.14 bits per heavy atom. The van der Waals surface area contributed by atoms with Crippen LogP contribution >= 0.6 is 0 Å². The Bertz CT molecular complexity index is 157. The minimum atomic E-state index is 0.0364. The molecular formula is C11H20O3. The maximum Gasteiger partial charge on any atom is 0.118 e. The smallest absolute Gasteiger partial charge is 0.118 e. The molecule has 3 heteroatoms. The molecule has 0 spiro atoms. The van der Waals surface area contributed by atoms with Crippen molar-refractivity contribution >= 4 is 0 Å². The minimum Gasteiger partial charge on any atom is -0.497 e. The Morgan fingerprint density at radius 3 is 2.43 bits per heavy atom. The lowest BCUT2D eigenvalue weighted by Crippen LogP contribution is -2.22. The summed E-state index contributed by atoms with van der Waals surface area (Å²) in [4.78, 5) is 0. The van der Waals surface area contributed by atoms with Crippen LogP contribution in [-0.2, 0) is 14.2 Å². The second-order valence-electron chi connectivity index (χ2n) is 3.08. The molecule has 0 aromatic heterocycles. The fraction of sp³-hybridized carbons (Fsp3) is 0.636. The zero-order valence-electron chi connectivity index (χ0n) is 9.07. The quantitative estimate of drug-likeness (QED) is 0.324. The third-order valence-corrected chi connectivity index (χ3v) is 1.53. The monoisotopic (exact) mass is 200 g/mol. The number of hydrogen-bond donors (Lipinski definition) is 0. The Labute approximate surface area is 86.4 Å². The summed E-state index contributed by atoms with van der Waals surface area (Å²) in [7, 11) is 0. The van der Waals surface area contributed by atoms with Crippen LogP contribution in [0, 0.1) is 0 Å². The van der Waals surface area contributed by atoms with E-state index in [1.54, 1.807) is 6.08 Å². The zero-order valence-corrected chi connectivity index (χ0v) is 9.07. The van der Waals surface area contributed by atoms with Crippen LogP contribution in [0.4, 0.5) is 0 Å². The molecule has 0 amide bonds. The van der Waals surface area contributed by atoms with Crippen molar-refractivity contribution in [2.45, 2.75) is 26.1 Å². The van der Waals surface area contributed by atoms with Gasteiger partial charge in [0.25, 0.3) is 0 Å². The van der Waals surface area contributed by atoms with Crippen LogP contribution in [0.1, 0.15) is 13.8 Å². The first-order valence-corrected chi connectivity index (χ1v) is 4.77. The van der Waals surface area contributed by atoms with E-state index in [0.717, 1.165) is 0 Å². The van der Waals surface area contributed by atoms with Crippen LogP contribution in [0.3, 0.4) is 0 Å². The first-order chi connectivity index (χ1) is 6.70. The van der Waals surface area contributed by atoms with Gasteiger partial charge in [0.1, 0.15) is 6.10 Å². The maximum absolute atomic E-state index is 5.47. The van der Waals surface area contributed by atoms with Crippen molar-refractivity contribution < 1.29 is 14.2 Å². The van der Waals surface area contributed by atoms with E-state index in [1.807, 2.05) is 13.8 Å². The summed E-state index contributed by atoms with van der Waals surface area (Å²) in [5.74, 6) is 0. The van der Waals surface area contributed by atoms with E-state index in [9.17, 15) is 0 Å². The van der Waals surface area contributed by atoms with Gasteiger partial charge in [0.15, 0.2) is 0 Å². The molecule has 0 radical (unpaired) electrons. The molecule has 0 saturated heterocycles. The van der Waals surface area contributed by atoms with Gasteiger partial charge in [-0.05, 0) is 13.8 Å². The molecule has 0 aliphatic heterocycles. The molecule has 0 N–H and O–H groups in total. The molecule has 0 aromatic rings. The Morgan fingerprint density at radius 2 is 1.86 bits per heavy atom. The maximum atomic E-state index is 5.47. The van der Waals surface area contributed by atoms with Crippen molar-refractivity contribution in [3.05, 3.63) is 25.5 Å². The molecule has 0 rings (SSSR count). The predicted octanol–water partition coefficient (Wildman–Crippen LogP) is 2.14. The predicted molar refractivity (Wildman–Crippen MR) is 57.2 cm³/mol. The molecule has 14 heavy (non-hydrogen) atoms. The molecular weight excluding hydrogens is 180 g/mol. The van der Waals surface area contributed by atoms with Crippen molar-refractivity contribution in [3.8, 4) is 0 Å². The van der Waals surface area contributed by atoms with E-state index in [1.165, 1.54) is 6.26 Å². The summed E-state index contributed by atoms with van der Waals surface area (Å²) in [5, 5.41) is 0. The van der Waals surface area contributed by atoms with Gasteiger partial charge in [0.05, 0.1) is 32.2 Å². The first kappa shape index (κ1) is 13.2. The largest absolute Gasteiger partial charge is 0.497 e. The van der Waals surface area contributed by atoms with Gasteiger partial charge in [-0.1, -0.05) is 12.7 Å². The fourth-order valence-corrected chi connectivity index (χ4v) is 0.869. The summed E-state index contributed by atoms with van der Waals surface area (Å²) in [6, 6.07) is 0. The van der Waals surface area contributed by atoms with E-state index in [4.69, 9.17) is 14.2 Å². The van der Waals surface area contributed by atoms with Crippen molar-refractivity contribution in [3.63, 3.8) is 0 Å². The summed E-state index contributed by atoms with van der Waals surface area (Å²) in [6.45, 7) is 12.6. The third-order valence-electron chi connectivity index (χ3n) is 1.53. The lowest BCUT2D eigenvalue weighted by atomic mass is 10.4. The van der Waals surface area contributed by atoms with Gasteiger partial charge in [-0.15, -0.1) is 6.58 Å². The lowest BCUT2D eigenvalue weighted by molar-refractivity contribution is -0.0351. The molecule has 0 aromatic carbocycles. The highest BCUT2D eigenvalue weighted by atomic mass is 16.6. The summed E-state index contributed by atoms with van der Waals surface area (Å²) >= 11 is 0. The molecule has 2 atom stereocenters. The van der Waals surface area contributed by atoms with Gasteiger partial charge >= 0.3 is 0 Å². The molecule has 82 valence electrons. The van der Waals surface area contributed by atoms with Gasteiger partial charge < -0.3 is 14.2 Å². The van der Waals surface area contributed by atoms with Crippen LogP contribution in [-0.4, -0.2) is 32.0 Å². The van der Waals surface area contributed by atoms with Gasteiger partial charge in [0.2, 0.25) is 0 Å². The van der Waals surface area contributed by atoms with Crippen LogP contribution in [0.5, 0.6) is 0 Å². The summed E-state index contributed by atoms with van der Waals surface area (Å²) < 4.78 is 15.8. The molecule has 0 aliphatic rings. The van der Waals surface area contributed by atoms with E-state index in [0.29, 0.717) is 19.8 Å². The number of ether oxygens (including phenoxy) is 3. The second-order valence-corrected chi connectivity index (χ2v) is 3.08. The van der Waals surface area contributed by atoms with E-state index < -0.39 is 0 Å². The van der Waals surface area contributed by atoms with E-state index >= 15 is 0 Å². The van der Waals surface area contributed by atoms with Crippen molar-refractivity contribution in [2.24, 2.45) is 0 Å².